The Morgan fingerprint density at radius 3 is 1.85 bits per heavy atom. The summed E-state index contributed by atoms with van der Waals surface area (Å²) in [4.78, 5) is 0. The van der Waals surface area contributed by atoms with Crippen LogP contribution in [0.3, 0.4) is 0 Å². The van der Waals surface area contributed by atoms with Crippen LogP contribution in [0, 0.1) is 5.92 Å². The van der Waals surface area contributed by atoms with Crippen LogP contribution >= 0.6 is 0 Å². The van der Waals surface area contributed by atoms with E-state index in [0.29, 0.717) is 5.92 Å². The van der Waals surface area contributed by atoms with Crippen LogP contribution in [-0.4, -0.2) is 0 Å². The van der Waals surface area contributed by atoms with Gasteiger partial charge in [0.25, 0.3) is 0 Å². The molecule has 0 amide bonds. The molecule has 0 radical (unpaired) electrons. The molecule has 0 N–H and O–H groups in total. The first kappa shape index (κ1) is 17.1. The monoisotopic (exact) mass is 340 g/mol. The van der Waals surface area contributed by atoms with Crippen LogP contribution in [-0.2, 0) is 23.7 Å². The maximum atomic E-state index is 4.12. The molecule has 2 aromatic rings. The molecule has 4 rings (SSSR count). The van der Waals surface area contributed by atoms with Crippen molar-refractivity contribution in [3.8, 4) is 0 Å². The number of allylic oxidation sites excluding steroid dienone is 3. The molecule has 0 saturated heterocycles. The van der Waals surface area contributed by atoms with Crippen LogP contribution in [0.5, 0.6) is 0 Å². The van der Waals surface area contributed by atoms with Gasteiger partial charge in [0.1, 0.15) is 0 Å². The van der Waals surface area contributed by atoms with Crippen LogP contribution in [0.1, 0.15) is 41.5 Å². The second-order valence-electron chi connectivity index (χ2n) is 8.04. The Balaban J connectivity index is 1.96. The smallest absolute Gasteiger partial charge is 0.00766 e. The van der Waals surface area contributed by atoms with Gasteiger partial charge in [0.15, 0.2) is 0 Å². The minimum absolute atomic E-state index is 0.0797. The van der Waals surface area contributed by atoms with Crippen molar-refractivity contribution in [1.82, 2.24) is 0 Å². The van der Waals surface area contributed by atoms with Gasteiger partial charge in [-0.25, -0.2) is 0 Å². The quantitative estimate of drug-likeness (QED) is 0.540. The zero-order valence-electron chi connectivity index (χ0n) is 15.6. The minimum atomic E-state index is 0.0797. The fourth-order valence-corrected chi connectivity index (χ4v) is 6.06. The molecular formula is C26H28. The van der Waals surface area contributed by atoms with E-state index in [4.69, 9.17) is 0 Å². The topological polar surface area (TPSA) is 0 Å². The molecule has 0 aliphatic heterocycles. The average Bonchev–Trinajstić information content (AvgIpc) is 3.14. The van der Waals surface area contributed by atoms with Crippen LogP contribution in [0.15, 0.2) is 86.5 Å². The third kappa shape index (κ3) is 2.21. The van der Waals surface area contributed by atoms with Crippen LogP contribution in [0.4, 0.5) is 0 Å². The Bertz CT molecular complexity index is 819. The Morgan fingerprint density at radius 2 is 1.31 bits per heavy atom. The van der Waals surface area contributed by atoms with Gasteiger partial charge in [-0.2, -0.15) is 0 Å². The number of hydrogen-bond donors (Lipinski definition) is 0. The first-order valence-electron chi connectivity index (χ1n) is 9.71. The molecule has 0 heteroatoms. The van der Waals surface area contributed by atoms with Crippen molar-refractivity contribution in [2.75, 3.05) is 0 Å². The lowest BCUT2D eigenvalue weighted by molar-refractivity contribution is 0.188. The van der Waals surface area contributed by atoms with Gasteiger partial charge in [0.2, 0.25) is 0 Å². The lowest BCUT2D eigenvalue weighted by Gasteiger charge is -2.41. The third-order valence-corrected chi connectivity index (χ3v) is 6.88. The largest absolute Gasteiger partial charge is 0.103 e. The summed E-state index contributed by atoms with van der Waals surface area (Å²) in [6.45, 7) is 12.4. The second-order valence-corrected chi connectivity index (χ2v) is 8.04. The summed E-state index contributed by atoms with van der Waals surface area (Å²) in [5, 5.41) is 0. The van der Waals surface area contributed by atoms with E-state index in [1.807, 2.05) is 0 Å². The molecule has 1 atom stereocenters. The van der Waals surface area contributed by atoms with Crippen LogP contribution < -0.4 is 0 Å². The predicted octanol–water partition coefficient (Wildman–Crippen LogP) is 6.32. The van der Waals surface area contributed by atoms with Crippen molar-refractivity contribution in [2.45, 2.75) is 42.9 Å². The van der Waals surface area contributed by atoms with Crippen molar-refractivity contribution in [3.63, 3.8) is 0 Å². The van der Waals surface area contributed by atoms with Gasteiger partial charge < -0.3 is 0 Å². The molecule has 1 spiro atoms. The van der Waals surface area contributed by atoms with Crippen molar-refractivity contribution in [3.05, 3.63) is 109 Å². The van der Waals surface area contributed by atoms with Crippen LogP contribution in [0.25, 0.3) is 0 Å². The summed E-state index contributed by atoms with van der Waals surface area (Å²) in [5.41, 5.74) is 6.34. The van der Waals surface area contributed by atoms with Gasteiger partial charge >= 0.3 is 0 Å². The summed E-state index contributed by atoms with van der Waals surface area (Å²) in [6, 6.07) is 18.2. The standard InChI is InChI=1S/C26H28/c1-4-11-24-25(16-5-2,17-6-3)22-14-9-10-15-23(22)26(24)18-20-12-7-8-13-21(20)19-26/h4-10,12-15,24H,1-3,11,16-19H2. The molecule has 2 aromatic carbocycles. The van der Waals surface area contributed by atoms with E-state index < -0.39 is 0 Å². The fraction of sp³-hybridized carbons (Fsp3) is 0.308. The van der Waals surface area contributed by atoms with E-state index in [2.05, 4.69) is 86.5 Å². The number of rotatable bonds is 6. The SMILES string of the molecule is C=CCC1C(CC=C)(CC=C)c2ccccc2C12Cc1ccccc1C2. The molecule has 0 heterocycles. The van der Waals surface area contributed by atoms with Crippen molar-refractivity contribution in [1.29, 1.82) is 0 Å². The molecule has 132 valence electrons. The normalized spacial score (nSPS) is 21.2. The predicted molar refractivity (Wildman–Crippen MR) is 112 cm³/mol. The molecule has 0 saturated carbocycles. The number of fused-ring (bicyclic) bond motifs is 3. The maximum absolute atomic E-state index is 4.12. The van der Waals surface area contributed by atoms with Gasteiger partial charge in [-0.15, -0.1) is 19.7 Å². The van der Waals surface area contributed by atoms with E-state index in [0.717, 1.165) is 32.1 Å². The van der Waals surface area contributed by atoms with Gasteiger partial charge in [-0.05, 0) is 60.3 Å². The van der Waals surface area contributed by atoms with E-state index in [1.165, 1.54) is 16.7 Å². The van der Waals surface area contributed by atoms with Gasteiger partial charge in [-0.3, -0.25) is 0 Å². The highest BCUT2D eigenvalue weighted by Gasteiger charge is 2.59. The molecular weight excluding hydrogens is 312 g/mol. The molecule has 26 heavy (non-hydrogen) atoms. The average molecular weight is 341 g/mol. The van der Waals surface area contributed by atoms with E-state index in [1.54, 1.807) is 5.56 Å². The Hall–Kier alpha value is -2.34. The lowest BCUT2D eigenvalue weighted by Crippen LogP contribution is -2.41. The highest BCUT2D eigenvalue weighted by Crippen LogP contribution is 2.63. The summed E-state index contributed by atoms with van der Waals surface area (Å²) >= 11 is 0. The Morgan fingerprint density at radius 1 is 0.769 bits per heavy atom. The molecule has 0 aromatic heterocycles. The summed E-state index contributed by atoms with van der Waals surface area (Å²) in [6.07, 6.45) is 11.6. The first-order chi connectivity index (χ1) is 12.7. The summed E-state index contributed by atoms with van der Waals surface area (Å²) < 4.78 is 0. The summed E-state index contributed by atoms with van der Waals surface area (Å²) in [5.74, 6) is 0.522. The van der Waals surface area contributed by atoms with Crippen molar-refractivity contribution in [2.24, 2.45) is 5.92 Å². The first-order valence-corrected chi connectivity index (χ1v) is 9.71. The zero-order valence-corrected chi connectivity index (χ0v) is 15.6. The second kappa shape index (κ2) is 6.43. The van der Waals surface area contributed by atoms with Crippen molar-refractivity contribution < 1.29 is 0 Å². The maximum Gasteiger partial charge on any atom is 0.00766 e. The highest BCUT2D eigenvalue weighted by atomic mass is 14.6. The Labute approximate surface area is 158 Å². The Kier molecular flexibility index (Phi) is 4.23. The van der Waals surface area contributed by atoms with E-state index >= 15 is 0 Å². The van der Waals surface area contributed by atoms with E-state index in [9.17, 15) is 0 Å². The van der Waals surface area contributed by atoms with Gasteiger partial charge in [0.05, 0.1) is 0 Å². The molecule has 0 nitrogen and oxygen atoms in total. The van der Waals surface area contributed by atoms with E-state index in [-0.39, 0.29) is 10.8 Å². The number of hydrogen-bond acceptors (Lipinski definition) is 0. The van der Waals surface area contributed by atoms with Crippen molar-refractivity contribution >= 4 is 0 Å². The summed E-state index contributed by atoms with van der Waals surface area (Å²) in [7, 11) is 0. The minimum Gasteiger partial charge on any atom is -0.103 e. The third-order valence-electron chi connectivity index (χ3n) is 6.88. The van der Waals surface area contributed by atoms with Gasteiger partial charge in [0, 0.05) is 10.8 Å². The zero-order chi connectivity index (χ0) is 18.2. The molecule has 2 aliphatic rings. The molecule has 0 fully saturated rings. The highest BCUT2D eigenvalue weighted by molar-refractivity contribution is 5.54. The van der Waals surface area contributed by atoms with Crippen LogP contribution in [0.2, 0.25) is 0 Å². The molecule has 0 bridgehead atoms. The number of benzene rings is 2. The van der Waals surface area contributed by atoms with Gasteiger partial charge in [-0.1, -0.05) is 66.8 Å². The fourth-order valence-electron chi connectivity index (χ4n) is 6.06. The molecule has 1 unspecified atom stereocenters. The lowest BCUT2D eigenvalue weighted by atomic mass is 9.61. The molecule has 2 aliphatic carbocycles.